The Bertz CT molecular complexity index is 340. The Morgan fingerprint density at radius 3 is 2.35 bits per heavy atom. The largest absolute Gasteiger partial charge is 0.300 e. The van der Waals surface area contributed by atoms with Gasteiger partial charge in [0.15, 0.2) is 0 Å². The predicted molar refractivity (Wildman–Crippen MR) is 76.9 cm³/mol. The van der Waals surface area contributed by atoms with E-state index in [4.69, 9.17) is 0 Å². The summed E-state index contributed by atoms with van der Waals surface area (Å²) in [6.07, 6.45) is 3.20. The van der Waals surface area contributed by atoms with E-state index >= 15 is 0 Å². The second-order valence-electron chi connectivity index (χ2n) is 4.73. The third kappa shape index (κ3) is 5.49. The third-order valence-electron chi connectivity index (χ3n) is 2.93. The highest BCUT2D eigenvalue weighted by Gasteiger charge is 2.03. The first-order chi connectivity index (χ1) is 8.13. The molecule has 0 fully saturated rings. The molecule has 1 aromatic carbocycles. The average molecular weight is 297 g/mol. The number of rotatable bonds is 7. The molecule has 1 nitrogen and oxygen atoms in total. The van der Waals surface area contributed by atoms with Gasteiger partial charge < -0.3 is 0 Å². The lowest BCUT2D eigenvalue weighted by Crippen LogP contribution is -2.00. The first-order valence-corrected chi connectivity index (χ1v) is 7.42. The zero-order valence-electron chi connectivity index (χ0n) is 10.7. The van der Waals surface area contributed by atoms with Gasteiger partial charge in [0.25, 0.3) is 0 Å². The van der Waals surface area contributed by atoms with Crippen molar-refractivity contribution in [1.29, 1.82) is 0 Å². The van der Waals surface area contributed by atoms with Crippen LogP contribution >= 0.6 is 15.9 Å². The number of ketones is 1. The van der Waals surface area contributed by atoms with Crippen LogP contribution < -0.4 is 0 Å². The Labute approximate surface area is 113 Å². The molecule has 0 N–H and O–H groups in total. The SMILES string of the molecule is CC(C)c1ccc(CCC(=O)CCCBr)cc1. The van der Waals surface area contributed by atoms with Crippen LogP contribution in [0.1, 0.15) is 50.2 Å². The minimum atomic E-state index is 0.373. The van der Waals surface area contributed by atoms with Gasteiger partial charge in [-0.15, -0.1) is 0 Å². The fraction of sp³-hybridized carbons (Fsp3) is 0.533. The van der Waals surface area contributed by atoms with Gasteiger partial charge >= 0.3 is 0 Å². The normalized spacial score (nSPS) is 10.8. The van der Waals surface area contributed by atoms with E-state index in [-0.39, 0.29) is 0 Å². The summed E-state index contributed by atoms with van der Waals surface area (Å²) in [5.41, 5.74) is 2.63. The summed E-state index contributed by atoms with van der Waals surface area (Å²) in [6, 6.07) is 8.63. The molecule has 2 heteroatoms. The summed E-state index contributed by atoms with van der Waals surface area (Å²) in [6.45, 7) is 4.39. The van der Waals surface area contributed by atoms with E-state index in [0.29, 0.717) is 24.5 Å². The summed E-state index contributed by atoms with van der Waals surface area (Å²) >= 11 is 3.34. The van der Waals surface area contributed by atoms with Crippen molar-refractivity contribution < 1.29 is 4.79 Å². The van der Waals surface area contributed by atoms with E-state index in [9.17, 15) is 4.79 Å². The summed E-state index contributed by atoms with van der Waals surface area (Å²) in [7, 11) is 0. The van der Waals surface area contributed by atoms with Crippen LogP contribution in [0, 0.1) is 0 Å². The van der Waals surface area contributed by atoms with Crippen molar-refractivity contribution in [3.8, 4) is 0 Å². The Hall–Kier alpha value is -0.630. The van der Waals surface area contributed by atoms with Crippen molar-refractivity contribution >= 4 is 21.7 Å². The van der Waals surface area contributed by atoms with Crippen LogP contribution in [0.15, 0.2) is 24.3 Å². The van der Waals surface area contributed by atoms with Crippen molar-refractivity contribution in [3.05, 3.63) is 35.4 Å². The minimum absolute atomic E-state index is 0.373. The number of Topliss-reactive ketones (excluding diaryl/α,β-unsaturated/α-hetero) is 1. The molecule has 0 atom stereocenters. The summed E-state index contributed by atoms with van der Waals surface area (Å²) in [5, 5.41) is 0.918. The number of hydrogen-bond donors (Lipinski definition) is 0. The summed E-state index contributed by atoms with van der Waals surface area (Å²) in [5.74, 6) is 0.946. The highest BCUT2D eigenvalue weighted by atomic mass is 79.9. The molecule has 17 heavy (non-hydrogen) atoms. The second-order valence-corrected chi connectivity index (χ2v) is 5.52. The van der Waals surface area contributed by atoms with Crippen molar-refractivity contribution in [3.63, 3.8) is 0 Å². The standard InChI is InChI=1S/C15H21BrO/c1-12(2)14-8-5-13(6-9-14)7-10-15(17)4-3-11-16/h5-6,8-9,12H,3-4,7,10-11H2,1-2H3. The van der Waals surface area contributed by atoms with Crippen LogP contribution in [0.5, 0.6) is 0 Å². The number of carbonyl (C=O) groups excluding carboxylic acids is 1. The van der Waals surface area contributed by atoms with Crippen molar-refractivity contribution in [2.75, 3.05) is 5.33 Å². The molecule has 0 aromatic heterocycles. The molecule has 0 radical (unpaired) electrons. The van der Waals surface area contributed by atoms with Gasteiger partial charge in [-0.3, -0.25) is 4.79 Å². The van der Waals surface area contributed by atoms with Crippen LogP contribution in [0.2, 0.25) is 0 Å². The Morgan fingerprint density at radius 2 is 1.82 bits per heavy atom. The fourth-order valence-corrected chi connectivity index (χ4v) is 2.02. The van der Waals surface area contributed by atoms with Gasteiger partial charge in [0.1, 0.15) is 5.78 Å². The summed E-state index contributed by atoms with van der Waals surface area (Å²) in [4.78, 5) is 11.5. The fourth-order valence-electron chi connectivity index (χ4n) is 1.74. The molecule has 1 rings (SSSR count). The maximum absolute atomic E-state index is 11.5. The van der Waals surface area contributed by atoms with E-state index in [2.05, 4.69) is 54.0 Å². The molecule has 0 heterocycles. The number of aryl methyl sites for hydroxylation is 1. The van der Waals surface area contributed by atoms with E-state index in [1.807, 2.05) is 0 Å². The van der Waals surface area contributed by atoms with Gasteiger partial charge in [-0.1, -0.05) is 54.0 Å². The number of alkyl halides is 1. The number of halogens is 1. The van der Waals surface area contributed by atoms with Gasteiger partial charge in [-0.05, 0) is 29.9 Å². The first kappa shape index (κ1) is 14.4. The maximum atomic E-state index is 11.5. The van der Waals surface area contributed by atoms with Gasteiger partial charge in [0, 0.05) is 18.2 Å². The quantitative estimate of drug-likeness (QED) is 0.678. The average Bonchev–Trinajstić information content (AvgIpc) is 2.34. The molecule has 0 spiro atoms. The van der Waals surface area contributed by atoms with Crippen molar-refractivity contribution in [2.24, 2.45) is 0 Å². The lowest BCUT2D eigenvalue weighted by molar-refractivity contribution is -0.119. The minimum Gasteiger partial charge on any atom is -0.300 e. The van der Waals surface area contributed by atoms with Crippen LogP contribution in [0.3, 0.4) is 0 Å². The van der Waals surface area contributed by atoms with Crippen LogP contribution in [0.4, 0.5) is 0 Å². The summed E-state index contributed by atoms with van der Waals surface area (Å²) < 4.78 is 0. The van der Waals surface area contributed by atoms with E-state index in [1.54, 1.807) is 0 Å². The molecule has 0 bridgehead atoms. The zero-order valence-corrected chi connectivity index (χ0v) is 12.3. The van der Waals surface area contributed by atoms with Crippen molar-refractivity contribution in [2.45, 2.75) is 45.4 Å². The smallest absolute Gasteiger partial charge is 0.133 e. The van der Waals surface area contributed by atoms with Gasteiger partial charge in [0.2, 0.25) is 0 Å². The molecular weight excluding hydrogens is 276 g/mol. The molecule has 0 unspecified atom stereocenters. The lowest BCUT2D eigenvalue weighted by Gasteiger charge is -2.06. The van der Waals surface area contributed by atoms with Crippen molar-refractivity contribution in [1.82, 2.24) is 0 Å². The monoisotopic (exact) mass is 296 g/mol. The van der Waals surface area contributed by atoms with Gasteiger partial charge in [0.05, 0.1) is 0 Å². The lowest BCUT2D eigenvalue weighted by atomic mass is 9.99. The van der Waals surface area contributed by atoms with Gasteiger partial charge in [-0.2, -0.15) is 0 Å². The topological polar surface area (TPSA) is 17.1 Å². The molecule has 1 aromatic rings. The third-order valence-corrected chi connectivity index (χ3v) is 3.49. The second kappa shape index (κ2) is 7.65. The highest BCUT2D eigenvalue weighted by molar-refractivity contribution is 9.09. The van der Waals surface area contributed by atoms with E-state index in [1.165, 1.54) is 11.1 Å². The first-order valence-electron chi connectivity index (χ1n) is 6.30. The molecule has 94 valence electrons. The molecular formula is C15H21BrO. The molecule has 0 saturated carbocycles. The highest BCUT2D eigenvalue weighted by Crippen LogP contribution is 2.15. The number of benzene rings is 1. The number of carbonyl (C=O) groups is 1. The molecule has 0 aliphatic carbocycles. The number of hydrogen-bond acceptors (Lipinski definition) is 1. The zero-order chi connectivity index (χ0) is 12.7. The molecule has 0 aliphatic rings. The molecule has 0 amide bonds. The predicted octanol–water partition coefficient (Wildman–Crippen LogP) is 4.49. The Morgan fingerprint density at radius 1 is 1.18 bits per heavy atom. The van der Waals surface area contributed by atoms with E-state index < -0.39 is 0 Å². The van der Waals surface area contributed by atoms with Crippen LogP contribution in [0.25, 0.3) is 0 Å². The Balaban J connectivity index is 2.39. The van der Waals surface area contributed by atoms with Gasteiger partial charge in [-0.25, -0.2) is 0 Å². The molecule has 0 aliphatic heterocycles. The maximum Gasteiger partial charge on any atom is 0.133 e. The molecule has 0 saturated heterocycles. The van der Waals surface area contributed by atoms with E-state index in [0.717, 1.165) is 18.2 Å². The van der Waals surface area contributed by atoms with Crippen LogP contribution in [-0.4, -0.2) is 11.1 Å². The Kier molecular flexibility index (Phi) is 6.49. The van der Waals surface area contributed by atoms with Crippen LogP contribution in [-0.2, 0) is 11.2 Å².